The molecule has 2 bridgehead atoms. The minimum absolute atomic E-state index is 0.360. The SMILES string of the molecule is CCCN1CC2C3CCN(CC3)C2C1CCC(C)N. The molecule has 0 aromatic carbocycles. The third kappa shape index (κ3) is 2.57. The standard InChI is InChI=1S/C16H31N3/c1-3-8-19-11-14-13-6-9-18(10-7-13)16(14)15(19)5-4-12(2)17/h12-16H,3-11,17H2,1-2H3. The van der Waals surface area contributed by atoms with E-state index in [-0.39, 0.29) is 0 Å². The van der Waals surface area contributed by atoms with Gasteiger partial charge in [-0.3, -0.25) is 9.80 Å². The van der Waals surface area contributed by atoms with Crippen molar-refractivity contribution in [2.75, 3.05) is 26.2 Å². The van der Waals surface area contributed by atoms with Crippen molar-refractivity contribution in [2.45, 2.75) is 64.1 Å². The van der Waals surface area contributed by atoms with Crippen molar-refractivity contribution in [1.82, 2.24) is 9.80 Å². The summed E-state index contributed by atoms with van der Waals surface area (Å²) in [6.45, 7) is 9.85. The van der Waals surface area contributed by atoms with Crippen LogP contribution in [0.3, 0.4) is 0 Å². The predicted molar refractivity (Wildman–Crippen MR) is 80.1 cm³/mol. The fourth-order valence-electron chi connectivity index (χ4n) is 4.93. The highest BCUT2D eigenvalue weighted by molar-refractivity contribution is 5.06. The first-order chi connectivity index (χ1) is 9.20. The summed E-state index contributed by atoms with van der Waals surface area (Å²) in [5, 5.41) is 0. The van der Waals surface area contributed by atoms with Crippen LogP contribution in [-0.4, -0.2) is 54.1 Å². The van der Waals surface area contributed by atoms with E-state index in [1.807, 2.05) is 0 Å². The number of hydrogen-bond acceptors (Lipinski definition) is 3. The summed E-state index contributed by atoms with van der Waals surface area (Å²) in [4.78, 5) is 5.61. The monoisotopic (exact) mass is 265 g/mol. The number of piperidine rings is 3. The van der Waals surface area contributed by atoms with E-state index in [0.717, 1.165) is 23.9 Å². The Bertz CT molecular complexity index is 296. The van der Waals surface area contributed by atoms with Crippen LogP contribution in [0.25, 0.3) is 0 Å². The highest BCUT2D eigenvalue weighted by Gasteiger charge is 2.51. The van der Waals surface area contributed by atoms with Gasteiger partial charge in [-0.2, -0.15) is 0 Å². The summed E-state index contributed by atoms with van der Waals surface area (Å²) in [5.74, 6) is 1.99. The Kier molecular flexibility index (Phi) is 4.16. The summed E-state index contributed by atoms with van der Waals surface area (Å²) in [7, 11) is 0. The molecular formula is C16H31N3. The van der Waals surface area contributed by atoms with E-state index in [0.29, 0.717) is 6.04 Å². The quantitative estimate of drug-likeness (QED) is 0.824. The van der Waals surface area contributed by atoms with Gasteiger partial charge in [-0.15, -0.1) is 0 Å². The second-order valence-corrected chi connectivity index (χ2v) is 7.14. The maximum atomic E-state index is 6.00. The molecule has 3 heteroatoms. The van der Waals surface area contributed by atoms with Gasteiger partial charge in [0, 0.05) is 24.7 Å². The summed E-state index contributed by atoms with van der Waals surface area (Å²) >= 11 is 0. The first-order valence-corrected chi connectivity index (χ1v) is 8.44. The summed E-state index contributed by atoms with van der Waals surface area (Å²) in [6.07, 6.45) is 6.70. The van der Waals surface area contributed by atoms with Crippen molar-refractivity contribution in [1.29, 1.82) is 0 Å². The molecule has 0 amide bonds. The van der Waals surface area contributed by atoms with E-state index in [1.165, 1.54) is 58.3 Å². The van der Waals surface area contributed by atoms with Gasteiger partial charge in [0.2, 0.25) is 0 Å². The third-order valence-corrected chi connectivity index (χ3v) is 5.78. The molecule has 4 atom stereocenters. The Morgan fingerprint density at radius 3 is 2.63 bits per heavy atom. The van der Waals surface area contributed by atoms with Gasteiger partial charge in [-0.25, -0.2) is 0 Å². The van der Waals surface area contributed by atoms with E-state index in [1.54, 1.807) is 0 Å². The molecule has 3 nitrogen and oxygen atoms in total. The van der Waals surface area contributed by atoms with E-state index in [4.69, 9.17) is 5.73 Å². The fourth-order valence-corrected chi connectivity index (χ4v) is 4.93. The highest BCUT2D eigenvalue weighted by atomic mass is 15.3. The van der Waals surface area contributed by atoms with Crippen molar-refractivity contribution < 1.29 is 0 Å². The summed E-state index contributed by atoms with van der Waals surface area (Å²) in [5.41, 5.74) is 6.00. The highest BCUT2D eigenvalue weighted by Crippen LogP contribution is 2.45. The van der Waals surface area contributed by atoms with Gasteiger partial charge >= 0.3 is 0 Å². The minimum Gasteiger partial charge on any atom is -0.328 e. The van der Waals surface area contributed by atoms with Gasteiger partial charge in [0.25, 0.3) is 0 Å². The van der Waals surface area contributed by atoms with Gasteiger partial charge in [0.05, 0.1) is 0 Å². The van der Waals surface area contributed by atoms with Gasteiger partial charge in [0.1, 0.15) is 0 Å². The number of likely N-dealkylation sites (tertiary alicyclic amines) is 1. The first-order valence-electron chi connectivity index (χ1n) is 8.44. The second-order valence-electron chi connectivity index (χ2n) is 7.14. The van der Waals surface area contributed by atoms with Crippen molar-refractivity contribution in [3.05, 3.63) is 0 Å². The Hall–Kier alpha value is -0.120. The summed E-state index contributed by atoms with van der Waals surface area (Å²) < 4.78 is 0. The lowest BCUT2D eigenvalue weighted by Crippen LogP contribution is -2.57. The lowest BCUT2D eigenvalue weighted by molar-refractivity contribution is 0.00189. The normalized spacial score (nSPS) is 43.4. The molecule has 0 saturated carbocycles. The molecule has 4 unspecified atom stereocenters. The van der Waals surface area contributed by atoms with E-state index < -0.39 is 0 Å². The van der Waals surface area contributed by atoms with Crippen molar-refractivity contribution in [3.63, 3.8) is 0 Å². The van der Waals surface area contributed by atoms with Crippen LogP contribution in [0.1, 0.15) is 46.0 Å². The molecule has 2 N–H and O–H groups in total. The number of fused-ring (bicyclic) bond motifs is 2. The van der Waals surface area contributed by atoms with Crippen molar-refractivity contribution in [2.24, 2.45) is 17.6 Å². The largest absolute Gasteiger partial charge is 0.328 e. The van der Waals surface area contributed by atoms with Crippen LogP contribution in [-0.2, 0) is 0 Å². The molecule has 110 valence electrons. The van der Waals surface area contributed by atoms with E-state index in [2.05, 4.69) is 23.6 Å². The molecule has 4 aliphatic heterocycles. The zero-order valence-corrected chi connectivity index (χ0v) is 12.7. The Balaban J connectivity index is 1.73. The molecule has 4 heterocycles. The van der Waals surface area contributed by atoms with Gasteiger partial charge < -0.3 is 5.73 Å². The van der Waals surface area contributed by atoms with Crippen LogP contribution in [0.5, 0.6) is 0 Å². The summed E-state index contributed by atoms with van der Waals surface area (Å²) in [6, 6.07) is 2.01. The van der Waals surface area contributed by atoms with Crippen LogP contribution < -0.4 is 5.73 Å². The molecule has 0 radical (unpaired) electrons. The number of rotatable bonds is 5. The van der Waals surface area contributed by atoms with Crippen LogP contribution in [0.15, 0.2) is 0 Å². The average Bonchev–Trinajstić information content (AvgIpc) is 2.78. The van der Waals surface area contributed by atoms with Crippen molar-refractivity contribution >= 4 is 0 Å². The van der Waals surface area contributed by atoms with Crippen LogP contribution in [0.2, 0.25) is 0 Å². The van der Waals surface area contributed by atoms with Crippen molar-refractivity contribution in [3.8, 4) is 0 Å². The molecule has 0 aliphatic carbocycles. The third-order valence-electron chi connectivity index (χ3n) is 5.78. The van der Waals surface area contributed by atoms with Crippen LogP contribution >= 0.6 is 0 Å². The van der Waals surface area contributed by atoms with Gasteiger partial charge in [-0.1, -0.05) is 6.92 Å². The maximum Gasteiger partial charge on any atom is 0.0294 e. The number of hydrogen-bond donors (Lipinski definition) is 1. The van der Waals surface area contributed by atoms with Crippen LogP contribution in [0, 0.1) is 11.8 Å². The molecule has 19 heavy (non-hydrogen) atoms. The van der Waals surface area contributed by atoms with Crippen LogP contribution in [0.4, 0.5) is 0 Å². The lowest BCUT2D eigenvalue weighted by Gasteiger charge is -2.49. The molecule has 0 aromatic heterocycles. The van der Waals surface area contributed by atoms with Gasteiger partial charge in [0.15, 0.2) is 0 Å². The number of nitrogens with two attached hydrogens (primary N) is 1. The zero-order valence-electron chi connectivity index (χ0n) is 12.7. The zero-order chi connectivity index (χ0) is 13.4. The average molecular weight is 265 g/mol. The Morgan fingerprint density at radius 2 is 2.00 bits per heavy atom. The number of nitrogens with zero attached hydrogens (tertiary/aromatic N) is 2. The first kappa shape index (κ1) is 13.8. The smallest absolute Gasteiger partial charge is 0.0294 e. The molecule has 4 fully saturated rings. The molecule has 0 spiro atoms. The molecular weight excluding hydrogens is 234 g/mol. The molecule has 4 saturated heterocycles. The molecule has 0 aromatic rings. The molecule has 4 rings (SSSR count). The second kappa shape index (κ2) is 5.71. The minimum atomic E-state index is 0.360. The Morgan fingerprint density at radius 1 is 1.26 bits per heavy atom. The predicted octanol–water partition coefficient (Wildman–Crippen LogP) is 1.92. The Labute approximate surface area is 118 Å². The van der Waals surface area contributed by atoms with E-state index in [9.17, 15) is 0 Å². The fraction of sp³-hybridized carbons (Fsp3) is 1.00. The van der Waals surface area contributed by atoms with E-state index >= 15 is 0 Å². The maximum absolute atomic E-state index is 6.00. The van der Waals surface area contributed by atoms with Gasteiger partial charge in [-0.05, 0) is 70.5 Å². The topological polar surface area (TPSA) is 32.5 Å². The lowest BCUT2D eigenvalue weighted by atomic mass is 9.73. The molecule has 4 aliphatic rings.